The number of hydrogen-bond donors (Lipinski definition) is 2. The molecule has 20 heavy (non-hydrogen) atoms. The largest absolute Gasteiger partial charge is 0.370 e. The topological polar surface area (TPSA) is 49.8 Å². The Kier molecular flexibility index (Phi) is 5.52. The third kappa shape index (κ3) is 4.01. The molecule has 0 spiro atoms. The molecule has 0 radical (unpaired) electrons. The summed E-state index contributed by atoms with van der Waals surface area (Å²) >= 11 is 1.96. The van der Waals surface area contributed by atoms with E-state index in [0.29, 0.717) is 12.0 Å². The highest BCUT2D eigenvalue weighted by molar-refractivity contribution is 7.99. The summed E-state index contributed by atoms with van der Waals surface area (Å²) in [6, 6.07) is 0.426. The van der Waals surface area contributed by atoms with Crippen LogP contribution in [0.2, 0.25) is 0 Å². The predicted octanol–water partition coefficient (Wildman–Crippen LogP) is 3.65. The van der Waals surface area contributed by atoms with Crippen molar-refractivity contribution >= 4 is 23.4 Å². The zero-order valence-corrected chi connectivity index (χ0v) is 13.8. The van der Waals surface area contributed by atoms with E-state index in [1.807, 2.05) is 11.8 Å². The molecule has 1 fully saturated rings. The van der Waals surface area contributed by atoms with Crippen LogP contribution in [-0.2, 0) is 0 Å². The molecule has 1 aromatic rings. The first kappa shape index (κ1) is 15.4. The predicted molar refractivity (Wildman–Crippen MR) is 89.0 cm³/mol. The van der Waals surface area contributed by atoms with E-state index >= 15 is 0 Å². The van der Waals surface area contributed by atoms with Gasteiger partial charge in [-0.2, -0.15) is 11.8 Å². The number of nitrogens with one attached hydrogen (secondary N) is 2. The second kappa shape index (κ2) is 7.16. The van der Waals surface area contributed by atoms with E-state index in [4.69, 9.17) is 4.98 Å². The summed E-state index contributed by atoms with van der Waals surface area (Å²) in [4.78, 5) is 9.44. The van der Waals surface area contributed by atoms with Crippen LogP contribution in [-0.4, -0.2) is 34.1 Å². The van der Waals surface area contributed by atoms with Gasteiger partial charge in [0.25, 0.3) is 0 Å². The van der Waals surface area contributed by atoms with Gasteiger partial charge in [-0.1, -0.05) is 6.92 Å². The molecular weight excluding hydrogens is 268 g/mol. The fraction of sp³-hybridized carbons (Fsp3) is 0.733. The Morgan fingerprint density at radius 1 is 1.25 bits per heavy atom. The summed E-state index contributed by atoms with van der Waals surface area (Å²) in [5.74, 6) is 5.84. The molecule has 1 heterocycles. The summed E-state index contributed by atoms with van der Waals surface area (Å²) in [5.41, 5.74) is 1.13. The van der Waals surface area contributed by atoms with Crippen LogP contribution in [0.25, 0.3) is 0 Å². The first-order valence-electron chi connectivity index (χ1n) is 7.62. The van der Waals surface area contributed by atoms with E-state index in [1.165, 1.54) is 12.8 Å². The van der Waals surface area contributed by atoms with E-state index in [1.54, 1.807) is 0 Å². The fourth-order valence-electron chi connectivity index (χ4n) is 2.11. The average molecular weight is 294 g/mol. The molecule has 1 atom stereocenters. The second-order valence-electron chi connectivity index (χ2n) is 5.41. The van der Waals surface area contributed by atoms with Crippen molar-refractivity contribution in [3.05, 3.63) is 11.4 Å². The number of rotatable bonds is 8. The molecule has 1 aromatic heterocycles. The molecule has 0 aliphatic heterocycles. The van der Waals surface area contributed by atoms with Gasteiger partial charge in [-0.05, 0) is 39.4 Å². The van der Waals surface area contributed by atoms with Crippen molar-refractivity contribution in [2.45, 2.75) is 52.5 Å². The van der Waals surface area contributed by atoms with E-state index in [2.05, 4.69) is 43.3 Å². The minimum absolute atomic E-state index is 0.426. The van der Waals surface area contributed by atoms with Crippen LogP contribution in [0.3, 0.4) is 0 Å². The Bertz CT molecular complexity index is 446. The zero-order chi connectivity index (χ0) is 14.5. The lowest BCUT2D eigenvalue weighted by atomic mass is 10.2. The molecule has 1 aliphatic rings. The Morgan fingerprint density at radius 3 is 2.55 bits per heavy atom. The molecule has 4 nitrogen and oxygen atoms in total. The maximum absolute atomic E-state index is 4.75. The standard InChI is InChI=1S/C15H26N4S/c1-5-16-13-11(4)14(17-10(3)9-20-6-2)19-15(18-13)12-7-8-12/h10,12H,5-9H2,1-4H3,(H2,16,17,18,19). The van der Waals surface area contributed by atoms with Crippen LogP contribution in [0.1, 0.15) is 50.9 Å². The number of aromatic nitrogens is 2. The molecule has 2 rings (SSSR count). The van der Waals surface area contributed by atoms with Crippen molar-refractivity contribution < 1.29 is 0 Å². The van der Waals surface area contributed by atoms with E-state index in [9.17, 15) is 0 Å². The quantitative estimate of drug-likeness (QED) is 0.766. The molecular formula is C15H26N4S. The summed E-state index contributed by atoms with van der Waals surface area (Å²) in [6.45, 7) is 9.50. The SMILES string of the molecule is CCNc1nc(C2CC2)nc(NC(C)CSCC)c1C. The van der Waals surface area contributed by atoms with Gasteiger partial charge in [0.2, 0.25) is 0 Å². The summed E-state index contributed by atoms with van der Waals surface area (Å²) in [5, 5.41) is 6.91. The molecule has 1 unspecified atom stereocenters. The van der Waals surface area contributed by atoms with Gasteiger partial charge in [-0.15, -0.1) is 0 Å². The molecule has 0 amide bonds. The number of thioether (sulfide) groups is 1. The minimum Gasteiger partial charge on any atom is -0.370 e. The molecule has 0 bridgehead atoms. The van der Waals surface area contributed by atoms with Crippen molar-refractivity contribution in [2.75, 3.05) is 28.7 Å². The Labute approximate surface area is 126 Å². The third-order valence-corrected chi connectivity index (χ3v) is 4.55. The van der Waals surface area contributed by atoms with Crippen LogP contribution in [0.15, 0.2) is 0 Å². The smallest absolute Gasteiger partial charge is 0.136 e. The molecule has 1 saturated carbocycles. The fourth-order valence-corrected chi connectivity index (χ4v) is 2.78. The Hall–Kier alpha value is -0.970. The maximum Gasteiger partial charge on any atom is 0.136 e. The van der Waals surface area contributed by atoms with Gasteiger partial charge in [0.1, 0.15) is 17.5 Å². The molecule has 2 N–H and O–H groups in total. The highest BCUT2D eigenvalue weighted by Crippen LogP contribution is 2.39. The van der Waals surface area contributed by atoms with Gasteiger partial charge in [-0.25, -0.2) is 9.97 Å². The van der Waals surface area contributed by atoms with Gasteiger partial charge >= 0.3 is 0 Å². The molecule has 1 aliphatic carbocycles. The van der Waals surface area contributed by atoms with Gasteiger partial charge in [-0.3, -0.25) is 0 Å². The van der Waals surface area contributed by atoms with E-state index < -0.39 is 0 Å². The van der Waals surface area contributed by atoms with Crippen molar-refractivity contribution in [3.8, 4) is 0 Å². The van der Waals surface area contributed by atoms with Crippen molar-refractivity contribution in [2.24, 2.45) is 0 Å². The molecule has 112 valence electrons. The van der Waals surface area contributed by atoms with Crippen LogP contribution in [0.5, 0.6) is 0 Å². The van der Waals surface area contributed by atoms with Crippen LogP contribution < -0.4 is 10.6 Å². The van der Waals surface area contributed by atoms with Gasteiger partial charge < -0.3 is 10.6 Å². The molecule has 5 heteroatoms. The third-order valence-electron chi connectivity index (χ3n) is 3.40. The summed E-state index contributed by atoms with van der Waals surface area (Å²) < 4.78 is 0. The highest BCUT2D eigenvalue weighted by atomic mass is 32.2. The van der Waals surface area contributed by atoms with Crippen molar-refractivity contribution in [1.29, 1.82) is 0 Å². The normalized spacial score (nSPS) is 16.0. The summed E-state index contributed by atoms with van der Waals surface area (Å²) in [6.07, 6.45) is 2.46. The van der Waals surface area contributed by atoms with Crippen LogP contribution in [0.4, 0.5) is 11.6 Å². The van der Waals surface area contributed by atoms with Crippen LogP contribution >= 0.6 is 11.8 Å². The average Bonchev–Trinajstić information content (AvgIpc) is 3.25. The van der Waals surface area contributed by atoms with Gasteiger partial charge in [0.05, 0.1) is 0 Å². The lowest BCUT2D eigenvalue weighted by molar-refractivity contribution is 0.865. The first-order chi connectivity index (χ1) is 9.65. The number of hydrogen-bond acceptors (Lipinski definition) is 5. The highest BCUT2D eigenvalue weighted by Gasteiger charge is 2.28. The van der Waals surface area contributed by atoms with Crippen molar-refractivity contribution in [3.63, 3.8) is 0 Å². The Balaban J connectivity index is 2.16. The van der Waals surface area contributed by atoms with E-state index in [-0.39, 0.29) is 0 Å². The Morgan fingerprint density at radius 2 is 1.95 bits per heavy atom. The minimum atomic E-state index is 0.426. The summed E-state index contributed by atoms with van der Waals surface area (Å²) in [7, 11) is 0. The second-order valence-corrected chi connectivity index (χ2v) is 6.73. The first-order valence-corrected chi connectivity index (χ1v) is 8.77. The molecule has 0 aromatic carbocycles. The van der Waals surface area contributed by atoms with Gasteiger partial charge in [0, 0.05) is 29.8 Å². The van der Waals surface area contributed by atoms with Crippen molar-refractivity contribution in [1.82, 2.24) is 9.97 Å². The van der Waals surface area contributed by atoms with E-state index in [0.717, 1.165) is 41.1 Å². The van der Waals surface area contributed by atoms with Crippen LogP contribution in [0, 0.1) is 6.92 Å². The lowest BCUT2D eigenvalue weighted by Crippen LogP contribution is -2.21. The van der Waals surface area contributed by atoms with Gasteiger partial charge in [0.15, 0.2) is 0 Å². The number of nitrogens with zero attached hydrogens (tertiary/aromatic N) is 2. The maximum atomic E-state index is 4.75. The lowest BCUT2D eigenvalue weighted by Gasteiger charge is -2.18. The monoisotopic (exact) mass is 294 g/mol. The molecule has 0 saturated heterocycles. The number of anilines is 2. The zero-order valence-electron chi connectivity index (χ0n) is 13.0.